The number of hydrogen-bond acceptors (Lipinski definition) is 4. The van der Waals surface area contributed by atoms with E-state index in [4.69, 9.17) is 0 Å². The van der Waals surface area contributed by atoms with Gasteiger partial charge >= 0.3 is 68.9 Å². The Hall–Kier alpha value is -1.36. The Morgan fingerprint density at radius 3 is 2.32 bits per heavy atom. The summed E-state index contributed by atoms with van der Waals surface area (Å²) in [5.74, 6) is 0.0870. The number of hydrogen-bond donors (Lipinski definition) is 2. The Labute approximate surface area is 241 Å². The van der Waals surface area contributed by atoms with Crippen LogP contribution >= 0.6 is 0 Å². The van der Waals surface area contributed by atoms with Crippen molar-refractivity contribution < 1.29 is 83.2 Å². The van der Waals surface area contributed by atoms with Crippen molar-refractivity contribution in [2.45, 2.75) is 19.8 Å². The minimum atomic E-state index is -0.553. The molecular weight excluding hydrogens is 514 g/mol. The molecule has 0 unspecified atom stereocenters. The zero-order valence-electron chi connectivity index (χ0n) is 18.2. The number of para-hydroxylation sites is 1. The van der Waals surface area contributed by atoms with Crippen LogP contribution in [0.2, 0.25) is 0 Å². The van der Waals surface area contributed by atoms with Crippen LogP contribution in [-0.4, -0.2) is 29.1 Å². The topological polar surface area (TPSA) is 65.5 Å². The molecule has 1 aromatic heterocycles. The van der Waals surface area contributed by atoms with Gasteiger partial charge in [-0.1, -0.05) is 24.3 Å². The second-order valence-electron chi connectivity index (χ2n) is 7.17. The third kappa shape index (κ3) is 5.91. The molecule has 0 atom stereocenters. The number of pyridine rings is 1. The molecule has 0 aliphatic carbocycles. The number of nitrogens with one attached hydrogen (secondary N) is 1. The van der Waals surface area contributed by atoms with Crippen LogP contribution in [0, 0.1) is 13.2 Å². The second-order valence-corrected chi connectivity index (χ2v) is 7.17. The predicted octanol–water partition coefficient (Wildman–Crippen LogP) is 2.27. The summed E-state index contributed by atoms with van der Waals surface area (Å²) in [4.78, 5) is 17.9. The summed E-state index contributed by atoms with van der Waals surface area (Å²) in [5, 5.41) is 13.4. The Morgan fingerprint density at radius 1 is 1.06 bits per heavy atom. The first-order chi connectivity index (χ1) is 14.0. The Balaban J connectivity index is 0.00000171. The van der Waals surface area contributed by atoms with Gasteiger partial charge in [0.05, 0.1) is 5.69 Å². The van der Waals surface area contributed by atoms with Crippen molar-refractivity contribution in [2.75, 3.05) is 23.3 Å². The van der Waals surface area contributed by atoms with Crippen LogP contribution in [-0.2, 0) is 4.79 Å². The van der Waals surface area contributed by atoms with Crippen molar-refractivity contribution in [1.82, 2.24) is 4.98 Å². The fraction of sp³-hybridized carbons (Fsp3) is 0.208. The van der Waals surface area contributed by atoms with E-state index in [1.807, 2.05) is 24.3 Å². The molecule has 0 bridgehead atoms. The third-order valence-electron chi connectivity index (χ3n) is 5.11. The van der Waals surface area contributed by atoms with Crippen molar-refractivity contribution in [3.8, 4) is 28.0 Å². The van der Waals surface area contributed by atoms with Gasteiger partial charge in [0.25, 0.3) is 0 Å². The van der Waals surface area contributed by atoms with Gasteiger partial charge in [0, 0.05) is 37.3 Å². The van der Waals surface area contributed by atoms with E-state index in [0.29, 0.717) is 16.7 Å². The molecule has 1 saturated heterocycles. The normalized spacial score (nSPS) is 12.6. The van der Waals surface area contributed by atoms with Gasteiger partial charge in [0.2, 0.25) is 5.91 Å². The number of aromatic hydroxyl groups is 1. The zero-order valence-corrected chi connectivity index (χ0v) is 24.4. The molecule has 3 aromatic rings. The number of carbonyl (C=O) groups is 1. The number of phenols is 1. The molecule has 0 radical (unpaired) electrons. The van der Waals surface area contributed by atoms with Crippen LogP contribution < -0.4 is 79.1 Å². The molecule has 4 rings (SSSR count). The van der Waals surface area contributed by atoms with E-state index in [9.17, 15) is 14.3 Å². The number of phenolic OH excluding ortho intramolecular Hbond substituents is 1. The first-order valence-electron chi connectivity index (χ1n) is 9.64. The summed E-state index contributed by atoms with van der Waals surface area (Å²) in [6.45, 7) is 3.30. The molecular formula is C24H25CsFN3O2. The molecule has 7 heteroatoms. The van der Waals surface area contributed by atoms with Gasteiger partial charge in [0.15, 0.2) is 0 Å². The molecule has 2 heterocycles. The van der Waals surface area contributed by atoms with Gasteiger partial charge in [-0.05, 0) is 48.2 Å². The Bertz CT molecular complexity index is 1070. The average Bonchev–Trinajstić information content (AvgIpc) is 3.24. The summed E-state index contributed by atoms with van der Waals surface area (Å²) in [5.41, 5.74) is 2.69. The van der Waals surface area contributed by atoms with E-state index in [0.717, 1.165) is 37.3 Å². The van der Waals surface area contributed by atoms with E-state index in [1.165, 1.54) is 19.1 Å². The summed E-state index contributed by atoms with van der Waals surface area (Å²) in [6.07, 6.45) is 4.07. The number of anilines is 2. The first-order valence-corrected chi connectivity index (χ1v) is 9.64. The minimum absolute atomic E-state index is 0. The molecule has 1 aliphatic rings. The van der Waals surface area contributed by atoms with E-state index in [1.54, 1.807) is 18.3 Å². The van der Waals surface area contributed by atoms with Gasteiger partial charge in [-0.15, -0.1) is 0 Å². The van der Waals surface area contributed by atoms with E-state index in [-0.39, 0.29) is 93.7 Å². The molecule has 31 heavy (non-hydrogen) atoms. The van der Waals surface area contributed by atoms with E-state index >= 15 is 0 Å². The summed E-state index contributed by atoms with van der Waals surface area (Å²) < 4.78 is 14.4. The number of nitrogens with zero attached hydrogens (tertiary/aromatic N) is 2. The Morgan fingerprint density at radius 2 is 1.71 bits per heavy atom. The fourth-order valence-corrected chi connectivity index (χ4v) is 3.69. The first kappa shape index (κ1) is 25.9. The molecule has 2 N–H and O–H groups in total. The number of carbonyl (C=O) groups excluding carboxylic acids is 1. The number of halogens is 1. The van der Waals surface area contributed by atoms with Crippen LogP contribution in [0.15, 0.2) is 54.7 Å². The van der Waals surface area contributed by atoms with Gasteiger partial charge in [0.1, 0.15) is 17.4 Å². The maximum absolute atomic E-state index is 14.4. The quantitative estimate of drug-likeness (QED) is 0.500. The van der Waals surface area contributed by atoms with Crippen molar-refractivity contribution >= 4 is 17.4 Å². The predicted molar refractivity (Wildman–Crippen MR) is 119 cm³/mol. The molecule has 0 saturated carbocycles. The van der Waals surface area contributed by atoms with Crippen molar-refractivity contribution in [2.24, 2.45) is 0 Å². The van der Waals surface area contributed by atoms with E-state index in [2.05, 4.69) is 15.2 Å². The van der Waals surface area contributed by atoms with Crippen LogP contribution in [0.4, 0.5) is 15.9 Å². The summed E-state index contributed by atoms with van der Waals surface area (Å²) in [7, 11) is 0. The smallest absolute Gasteiger partial charge is 0.507 e. The monoisotopic (exact) mass is 539 g/mol. The van der Waals surface area contributed by atoms with Crippen LogP contribution in [0.3, 0.4) is 0 Å². The molecule has 5 nitrogen and oxygen atoms in total. The number of amides is 1. The van der Waals surface area contributed by atoms with Gasteiger partial charge in [-0.25, -0.2) is 9.37 Å². The SMILES string of the molecule is CC(=O)Nc1ccc(-c2cccc(-c3ccnc(N4CCCC4)c3)c2O)cc1F.[CH3-].[Cs+]. The Kier molecular flexibility index (Phi) is 9.60. The largest absolute Gasteiger partial charge is 1.00 e. The van der Waals surface area contributed by atoms with E-state index < -0.39 is 5.82 Å². The van der Waals surface area contributed by atoms with Crippen LogP contribution in [0.25, 0.3) is 22.3 Å². The maximum Gasteiger partial charge on any atom is 1.00 e. The third-order valence-corrected chi connectivity index (χ3v) is 5.11. The molecule has 2 aromatic carbocycles. The number of benzene rings is 2. The summed E-state index contributed by atoms with van der Waals surface area (Å²) >= 11 is 0. The van der Waals surface area contributed by atoms with Crippen molar-refractivity contribution in [3.63, 3.8) is 0 Å². The number of aromatic nitrogens is 1. The average molecular weight is 539 g/mol. The molecule has 1 amide bonds. The van der Waals surface area contributed by atoms with Crippen LogP contribution in [0.5, 0.6) is 5.75 Å². The maximum atomic E-state index is 14.4. The molecule has 1 fully saturated rings. The molecule has 156 valence electrons. The summed E-state index contributed by atoms with van der Waals surface area (Å²) in [6, 6.07) is 13.7. The molecule has 0 spiro atoms. The van der Waals surface area contributed by atoms with Gasteiger partial charge < -0.3 is 22.7 Å². The van der Waals surface area contributed by atoms with Crippen molar-refractivity contribution in [1.29, 1.82) is 0 Å². The minimum Gasteiger partial charge on any atom is -0.507 e. The van der Waals surface area contributed by atoms with Gasteiger partial charge in [-0.3, -0.25) is 4.79 Å². The standard InChI is InChI=1S/C23H22FN3O2.CH3.Cs/c1-15(28)26-21-8-7-16(13-20(21)24)18-5-4-6-19(23(18)29)17-9-10-25-22(14-17)27-11-2-3-12-27;;/h4-10,13-14,29H,2-3,11-12H2,1H3,(H,26,28);1H3;/q;-1;+1. The van der Waals surface area contributed by atoms with Gasteiger partial charge in [-0.2, -0.15) is 0 Å². The fourth-order valence-electron chi connectivity index (χ4n) is 3.69. The zero-order chi connectivity index (χ0) is 20.4. The van der Waals surface area contributed by atoms with Crippen LogP contribution in [0.1, 0.15) is 19.8 Å². The number of rotatable bonds is 4. The molecule has 1 aliphatic heterocycles. The van der Waals surface area contributed by atoms with Crippen molar-refractivity contribution in [3.05, 3.63) is 68.0 Å². The second kappa shape index (κ2) is 11.5.